The molecular weight excluding hydrogens is 340 g/mol. The van der Waals surface area contributed by atoms with Crippen molar-refractivity contribution in [2.45, 2.75) is 58.0 Å². The van der Waals surface area contributed by atoms with Crippen molar-refractivity contribution in [2.24, 2.45) is 0 Å². The molecule has 0 aromatic carbocycles. The summed E-state index contributed by atoms with van der Waals surface area (Å²) < 4.78 is 1.62. The number of hydrogen-bond acceptors (Lipinski definition) is 6. The van der Waals surface area contributed by atoms with Gasteiger partial charge in [-0.15, -0.1) is 0 Å². The molecule has 1 aliphatic rings. The third kappa shape index (κ3) is 5.35. The first-order valence-corrected chi connectivity index (χ1v) is 9.76. The van der Waals surface area contributed by atoms with Gasteiger partial charge < -0.3 is 5.32 Å². The minimum Gasteiger partial charge on any atom is -0.368 e. The van der Waals surface area contributed by atoms with E-state index in [2.05, 4.69) is 46.1 Å². The predicted molar refractivity (Wildman–Crippen MR) is 107 cm³/mol. The average Bonchev–Trinajstić information content (AvgIpc) is 2.66. The van der Waals surface area contributed by atoms with Crippen molar-refractivity contribution in [3.05, 3.63) is 46.8 Å². The van der Waals surface area contributed by atoms with Crippen LogP contribution in [0.25, 0.3) is 0 Å². The van der Waals surface area contributed by atoms with Crippen molar-refractivity contribution < 1.29 is 0 Å². The van der Waals surface area contributed by atoms with Crippen LogP contribution < -0.4 is 10.9 Å². The van der Waals surface area contributed by atoms with Crippen LogP contribution >= 0.6 is 0 Å². The van der Waals surface area contributed by atoms with Gasteiger partial charge in [-0.1, -0.05) is 27.2 Å². The van der Waals surface area contributed by atoms with Crippen molar-refractivity contribution in [3.63, 3.8) is 0 Å². The lowest BCUT2D eigenvalue weighted by Crippen LogP contribution is -2.45. The fourth-order valence-corrected chi connectivity index (χ4v) is 3.44. The Kier molecular flexibility index (Phi) is 6.21. The van der Waals surface area contributed by atoms with Crippen molar-refractivity contribution in [1.82, 2.24) is 24.6 Å². The first kappa shape index (κ1) is 19.5. The fourth-order valence-electron chi connectivity index (χ4n) is 3.44. The first-order valence-electron chi connectivity index (χ1n) is 9.76. The molecule has 1 saturated heterocycles. The van der Waals surface area contributed by atoms with Gasteiger partial charge in [0.05, 0.1) is 12.2 Å². The van der Waals surface area contributed by atoms with Gasteiger partial charge in [0.1, 0.15) is 12.1 Å². The van der Waals surface area contributed by atoms with Crippen LogP contribution in [-0.2, 0) is 12.0 Å². The topological polar surface area (TPSA) is 75.9 Å². The molecule has 3 heterocycles. The Balaban J connectivity index is 1.62. The maximum atomic E-state index is 12.2. The first-order chi connectivity index (χ1) is 12.9. The van der Waals surface area contributed by atoms with Crippen LogP contribution in [0.4, 0.5) is 5.82 Å². The number of nitrogens with zero attached hydrogens (tertiary/aromatic N) is 5. The molecule has 0 aliphatic carbocycles. The number of nitrogens with one attached hydrogen (secondary N) is 1. The molecule has 1 atom stereocenters. The van der Waals surface area contributed by atoms with Crippen molar-refractivity contribution in [2.75, 3.05) is 25.0 Å². The SMILES string of the molecule is CC(C)(C)c1ccc(=O)n(CCN2CCCCC2CNc2ccncn2)n1. The molecule has 3 rings (SSSR count). The predicted octanol–water partition coefficient (Wildman–Crippen LogP) is 2.30. The molecular formula is C20H30N6O. The molecule has 1 unspecified atom stereocenters. The van der Waals surface area contributed by atoms with E-state index in [-0.39, 0.29) is 11.0 Å². The summed E-state index contributed by atoms with van der Waals surface area (Å²) in [4.78, 5) is 22.9. The second-order valence-corrected chi connectivity index (χ2v) is 8.19. The van der Waals surface area contributed by atoms with E-state index in [1.165, 1.54) is 12.8 Å². The summed E-state index contributed by atoms with van der Waals surface area (Å²) in [6.45, 7) is 9.70. The Morgan fingerprint density at radius 2 is 2.04 bits per heavy atom. The summed E-state index contributed by atoms with van der Waals surface area (Å²) >= 11 is 0. The summed E-state index contributed by atoms with van der Waals surface area (Å²) in [5, 5.41) is 8.00. The summed E-state index contributed by atoms with van der Waals surface area (Å²) in [6.07, 6.45) is 6.90. The highest BCUT2D eigenvalue weighted by Gasteiger charge is 2.23. The number of rotatable bonds is 6. The Bertz CT molecular complexity index is 783. The molecule has 0 radical (unpaired) electrons. The quantitative estimate of drug-likeness (QED) is 0.841. The van der Waals surface area contributed by atoms with Crippen LogP contribution in [0.2, 0.25) is 0 Å². The molecule has 7 nitrogen and oxygen atoms in total. The number of hydrogen-bond donors (Lipinski definition) is 1. The Hall–Kier alpha value is -2.28. The summed E-state index contributed by atoms with van der Waals surface area (Å²) in [5.41, 5.74) is 0.850. The molecule has 0 amide bonds. The van der Waals surface area contributed by atoms with E-state index in [9.17, 15) is 4.79 Å². The molecule has 0 bridgehead atoms. The largest absolute Gasteiger partial charge is 0.368 e. The monoisotopic (exact) mass is 370 g/mol. The maximum Gasteiger partial charge on any atom is 0.266 e. The zero-order valence-electron chi connectivity index (χ0n) is 16.6. The van der Waals surface area contributed by atoms with Crippen LogP contribution in [0.15, 0.2) is 35.5 Å². The molecule has 146 valence electrons. The van der Waals surface area contributed by atoms with Gasteiger partial charge in [-0.2, -0.15) is 5.10 Å². The molecule has 0 spiro atoms. The normalized spacial score (nSPS) is 18.4. The van der Waals surface area contributed by atoms with Gasteiger partial charge in [0.2, 0.25) is 0 Å². The highest BCUT2D eigenvalue weighted by atomic mass is 16.1. The van der Waals surface area contributed by atoms with Crippen LogP contribution in [0.5, 0.6) is 0 Å². The minimum absolute atomic E-state index is 0.0318. The van der Waals surface area contributed by atoms with Crippen molar-refractivity contribution in [1.29, 1.82) is 0 Å². The minimum atomic E-state index is -0.0649. The highest BCUT2D eigenvalue weighted by molar-refractivity contribution is 5.31. The maximum absolute atomic E-state index is 12.2. The van der Waals surface area contributed by atoms with E-state index >= 15 is 0 Å². The Morgan fingerprint density at radius 1 is 1.19 bits per heavy atom. The molecule has 7 heteroatoms. The zero-order chi connectivity index (χ0) is 19.3. The molecule has 2 aromatic rings. The number of likely N-dealkylation sites (tertiary alicyclic amines) is 1. The van der Waals surface area contributed by atoms with Gasteiger partial charge in [0.15, 0.2) is 0 Å². The Morgan fingerprint density at radius 3 is 2.78 bits per heavy atom. The molecule has 27 heavy (non-hydrogen) atoms. The van der Waals surface area contributed by atoms with Crippen LogP contribution in [0.1, 0.15) is 45.7 Å². The highest BCUT2D eigenvalue weighted by Crippen LogP contribution is 2.19. The van der Waals surface area contributed by atoms with Crippen LogP contribution in [0, 0.1) is 0 Å². The summed E-state index contributed by atoms with van der Waals surface area (Å²) in [5.74, 6) is 0.853. The molecule has 2 aromatic heterocycles. The molecule has 0 saturated carbocycles. The fraction of sp³-hybridized carbons (Fsp3) is 0.600. The summed E-state index contributed by atoms with van der Waals surface area (Å²) in [7, 11) is 0. The van der Waals surface area contributed by atoms with Crippen molar-refractivity contribution >= 4 is 5.82 Å². The van der Waals surface area contributed by atoms with Gasteiger partial charge in [0, 0.05) is 36.8 Å². The second kappa shape index (κ2) is 8.61. The van der Waals surface area contributed by atoms with Crippen molar-refractivity contribution in [3.8, 4) is 0 Å². The van der Waals surface area contributed by atoms with E-state index < -0.39 is 0 Å². The smallest absolute Gasteiger partial charge is 0.266 e. The van der Waals surface area contributed by atoms with Crippen LogP contribution in [-0.4, -0.2) is 50.3 Å². The molecule has 1 aliphatic heterocycles. The zero-order valence-corrected chi connectivity index (χ0v) is 16.6. The second-order valence-electron chi connectivity index (χ2n) is 8.19. The van der Waals surface area contributed by atoms with Gasteiger partial charge in [0.25, 0.3) is 5.56 Å². The number of aromatic nitrogens is 4. The van der Waals surface area contributed by atoms with E-state index in [0.717, 1.165) is 37.6 Å². The van der Waals surface area contributed by atoms with Crippen LogP contribution in [0.3, 0.4) is 0 Å². The lowest BCUT2D eigenvalue weighted by atomic mass is 9.92. The third-order valence-corrected chi connectivity index (χ3v) is 5.08. The van der Waals surface area contributed by atoms with E-state index in [4.69, 9.17) is 0 Å². The summed E-state index contributed by atoms with van der Waals surface area (Å²) in [6, 6.07) is 5.80. The Labute approximate surface area is 160 Å². The standard InChI is InChI=1S/C20H30N6O/c1-20(2,3)17-7-8-19(27)26(24-17)13-12-25-11-5-4-6-16(25)14-22-18-9-10-21-15-23-18/h7-10,15-16H,4-6,11-14H2,1-3H3,(H,21,22,23). The molecule has 1 fully saturated rings. The van der Waals surface area contributed by atoms with Gasteiger partial charge >= 0.3 is 0 Å². The number of anilines is 1. The third-order valence-electron chi connectivity index (χ3n) is 5.08. The lowest BCUT2D eigenvalue weighted by Gasteiger charge is -2.36. The number of piperidine rings is 1. The van der Waals surface area contributed by atoms with Gasteiger partial charge in [-0.3, -0.25) is 9.69 Å². The van der Waals surface area contributed by atoms with E-state index in [1.807, 2.05) is 12.1 Å². The van der Waals surface area contributed by atoms with E-state index in [1.54, 1.807) is 23.3 Å². The average molecular weight is 371 g/mol. The molecule has 1 N–H and O–H groups in total. The van der Waals surface area contributed by atoms with Gasteiger partial charge in [-0.25, -0.2) is 14.6 Å². The van der Waals surface area contributed by atoms with Gasteiger partial charge in [-0.05, 0) is 31.5 Å². The van der Waals surface area contributed by atoms with E-state index in [0.29, 0.717) is 12.6 Å². The lowest BCUT2D eigenvalue weighted by molar-refractivity contribution is 0.147.